The molecule has 1 aromatic heterocycles. The highest BCUT2D eigenvalue weighted by molar-refractivity contribution is 7.91. The third-order valence-corrected chi connectivity index (χ3v) is 4.45. The number of amides is 1. The second kappa shape index (κ2) is 6.47. The molecule has 0 aliphatic rings. The Hall–Kier alpha value is -1.96. The Bertz CT molecular complexity index is 595. The van der Waals surface area contributed by atoms with Crippen LogP contribution in [0.15, 0.2) is 18.3 Å². The van der Waals surface area contributed by atoms with Crippen LogP contribution in [-0.4, -0.2) is 47.9 Å². The van der Waals surface area contributed by atoms with Crippen LogP contribution in [0.25, 0.3) is 0 Å². The number of nitrogens with one attached hydrogen (secondary N) is 1. The van der Waals surface area contributed by atoms with Crippen LogP contribution in [0.4, 0.5) is 0 Å². The number of hydrogen-bond donors (Lipinski definition) is 2. The fourth-order valence-corrected chi connectivity index (χ4v) is 2.58. The van der Waals surface area contributed by atoms with E-state index in [0.29, 0.717) is 0 Å². The van der Waals surface area contributed by atoms with Gasteiger partial charge in [0, 0.05) is 18.0 Å². The number of hydrogen-bond acceptors (Lipinski definition) is 5. The lowest BCUT2D eigenvalue weighted by Crippen LogP contribution is -2.38. The number of aromatic carboxylic acids is 1. The number of pyridine rings is 1. The second-order valence-electron chi connectivity index (χ2n) is 4.31. The maximum Gasteiger partial charge on any atom is 0.354 e. The van der Waals surface area contributed by atoms with Gasteiger partial charge in [0.2, 0.25) is 0 Å². The van der Waals surface area contributed by atoms with E-state index in [0.717, 1.165) is 6.20 Å². The van der Waals surface area contributed by atoms with Crippen molar-refractivity contribution in [3.8, 4) is 0 Å². The van der Waals surface area contributed by atoms with Gasteiger partial charge in [0.1, 0.15) is 5.69 Å². The van der Waals surface area contributed by atoms with Crippen LogP contribution in [0.2, 0.25) is 0 Å². The lowest BCUT2D eigenvalue weighted by molar-refractivity contribution is 0.0689. The number of carbonyl (C=O) groups excluding carboxylic acids is 1. The van der Waals surface area contributed by atoms with Crippen molar-refractivity contribution >= 4 is 21.7 Å². The van der Waals surface area contributed by atoms with Gasteiger partial charge in [-0.25, -0.2) is 18.2 Å². The molecule has 8 heteroatoms. The van der Waals surface area contributed by atoms with Crippen molar-refractivity contribution in [1.82, 2.24) is 10.3 Å². The number of sulfone groups is 1. The van der Waals surface area contributed by atoms with Crippen LogP contribution >= 0.6 is 0 Å². The molecule has 20 heavy (non-hydrogen) atoms. The zero-order valence-electron chi connectivity index (χ0n) is 11.2. The van der Waals surface area contributed by atoms with Gasteiger partial charge < -0.3 is 10.4 Å². The zero-order valence-corrected chi connectivity index (χ0v) is 12.0. The van der Waals surface area contributed by atoms with Crippen LogP contribution in [0.3, 0.4) is 0 Å². The molecule has 1 atom stereocenters. The van der Waals surface area contributed by atoms with Crippen molar-refractivity contribution < 1.29 is 23.1 Å². The summed E-state index contributed by atoms with van der Waals surface area (Å²) in [6, 6.07) is 2.00. The monoisotopic (exact) mass is 300 g/mol. The predicted octanol–water partition coefficient (Wildman–Crippen LogP) is 0.333. The molecule has 0 radical (unpaired) electrons. The third-order valence-electron chi connectivity index (χ3n) is 2.57. The number of carboxylic acids is 1. The molecule has 0 bridgehead atoms. The molecular weight excluding hydrogens is 284 g/mol. The Morgan fingerprint density at radius 3 is 2.50 bits per heavy atom. The molecule has 0 aliphatic carbocycles. The van der Waals surface area contributed by atoms with Gasteiger partial charge in [-0.15, -0.1) is 0 Å². The largest absolute Gasteiger partial charge is 0.477 e. The Kier molecular flexibility index (Phi) is 5.20. The number of carboxylic acid groups (broad SMARTS) is 1. The quantitative estimate of drug-likeness (QED) is 0.782. The summed E-state index contributed by atoms with van der Waals surface area (Å²) in [5.74, 6) is -1.80. The van der Waals surface area contributed by atoms with Crippen molar-refractivity contribution in [3.63, 3.8) is 0 Å². The maximum absolute atomic E-state index is 11.8. The number of aromatic nitrogens is 1. The number of rotatable bonds is 6. The summed E-state index contributed by atoms with van der Waals surface area (Å²) in [5.41, 5.74) is 0.0129. The standard InChI is InChI=1S/C12H16N2O5S/c1-3-20(18,19)7-8(2)14-11(15)9-4-5-10(12(16)17)13-6-9/h4-6,8H,3,7H2,1-2H3,(H,14,15)(H,16,17). The van der Waals surface area contributed by atoms with Gasteiger partial charge in [-0.3, -0.25) is 4.79 Å². The van der Waals surface area contributed by atoms with Gasteiger partial charge in [0.05, 0.1) is 11.3 Å². The highest BCUT2D eigenvalue weighted by atomic mass is 32.2. The number of nitrogens with zero attached hydrogens (tertiary/aromatic N) is 1. The summed E-state index contributed by atoms with van der Waals surface area (Å²) in [4.78, 5) is 26.1. The predicted molar refractivity (Wildman–Crippen MR) is 72.5 cm³/mol. The topological polar surface area (TPSA) is 113 Å². The first kappa shape index (κ1) is 16.1. The average molecular weight is 300 g/mol. The summed E-state index contributed by atoms with van der Waals surface area (Å²) in [6.07, 6.45) is 1.14. The molecule has 1 amide bonds. The summed E-state index contributed by atoms with van der Waals surface area (Å²) < 4.78 is 22.8. The van der Waals surface area contributed by atoms with Gasteiger partial charge >= 0.3 is 5.97 Å². The molecule has 1 heterocycles. The first-order valence-corrected chi connectivity index (χ1v) is 7.78. The van der Waals surface area contributed by atoms with Crippen LogP contribution in [-0.2, 0) is 9.84 Å². The molecule has 1 aromatic rings. The normalized spacial score (nSPS) is 12.7. The van der Waals surface area contributed by atoms with E-state index >= 15 is 0 Å². The Morgan fingerprint density at radius 2 is 2.05 bits per heavy atom. The van der Waals surface area contributed by atoms with Crippen LogP contribution in [0, 0.1) is 0 Å². The summed E-state index contributed by atoms with van der Waals surface area (Å²) in [5, 5.41) is 11.2. The molecular formula is C12H16N2O5S. The highest BCUT2D eigenvalue weighted by Gasteiger charge is 2.17. The Balaban J connectivity index is 2.69. The SMILES string of the molecule is CCS(=O)(=O)CC(C)NC(=O)c1ccc(C(=O)O)nc1. The first-order chi connectivity index (χ1) is 9.25. The summed E-state index contributed by atoms with van der Waals surface area (Å²) in [7, 11) is -3.17. The van der Waals surface area contributed by atoms with Crippen molar-refractivity contribution in [2.45, 2.75) is 19.9 Å². The fourth-order valence-electron chi connectivity index (χ4n) is 1.50. The molecule has 1 rings (SSSR count). The van der Waals surface area contributed by atoms with Crippen LogP contribution in [0.5, 0.6) is 0 Å². The van der Waals surface area contributed by atoms with E-state index in [-0.39, 0.29) is 22.8 Å². The van der Waals surface area contributed by atoms with E-state index in [1.165, 1.54) is 12.1 Å². The van der Waals surface area contributed by atoms with Crippen molar-refractivity contribution in [1.29, 1.82) is 0 Å². The average Bonchev–Trinajstić information content (AvgIpc) is 2.38. The minimum absolute atomic E-state index is 0.0159. The minimum Gasteiger partial charge on any atom is -0.477 e. The molecule has 0 saturated carbocycles. The number of carbonyl (C=O) groups is 2. The van der Waals surface area contributed by atoms with E-state index in [1.807, 2.05) is 0 Å². The van der Waals surface area contributed by atoms with E-state index in [9.17, 15) is 18.0 Å². The van der Waals surface area contributed by atoms with E-state index < -0.39 is 27.8 Å². The first-order valence-electron chi connectivity index (χ1n) is 5.96. The van der Waals surface area contributed by atoms with Crippen LogP contribution in [0.1, 0.15) is 34.7 Å². The summed E-state index contributed by atoms with van der Waals surface area (Å²) >= 11 is 0. The molecule has 0 aromatic carbocycles. The smallest absolute Gasteiger partial charge is 0.354 e. The van der Waals surface area contributed by atoms with Crippen LogP contribution < -0.4 is 5.32 Å². The van der Waals surface area contributed by atoms with Crippen molar-refractivity contribution in [2.24, 2.45) is 0 Å². The van der Waals surface area contributed by atoms with E-state index in [2.05, 4.69) is 10.3 Å². The molecule has 7 nitrogen and oxygen atoms in total. The third kappa shape index (κ3) is 4.61. The van der Waals surface area contributed by atoms with Crippen molar-refractivity contribution in [3.05, 3.63) is 29.6 Å². The van der Waals surface area contributed by atoms with E-state index in [4.69, 9.17) is 5.11 Å². The molecule has 2 N–H and O–H groups in total. The minimum atomic E-state index is -3.17. The maximum atomic E-state index is 11.8. The highest BCUT2D eigenvalue weighted by Crippen LogP contribution is 2.02. The molecule has 0 aliphatic heterocycles. The van der Waals surface area contributed by atoms with Gasteiger partial charge in [0.15, 0.2) is 9.84 Å². The van der Waals surface area contributed by atoms with Crippen molar-refractivity contribution in [2.75, 3.05) is 11.5 Å². The second-order valence-corrected chi connectivity index (χ2v) is 6.71. The Labute approximate surface area is 116 Å². The fraction of sp³-hybridized carbons (Fsp3) is 0.417. The lowest BCUT2D eigenvalue weighted by Gasteiger charge is -2.13. The molecule has 0 saturated heterocycles. The summed E-state index contributed by atoms with van der Waals surface area (Å²) in [6.45, 7) is 3.13. The van der Waals surface area contributed by atoms with E-state index in [1.54, 1.807) is 13.8 Å². The van der Waals surface area contributed by atoms with Gasteiger partial charge in [-0.2, -0.15) is 0 Å². The lowest BCUT2D eigenvalue weighted by atomic mass is 10.2. The van der Waals surface area contributed by atoms with Gasteiger partial charge in [-0.1, -0.05) is 6.92 Å². The zero-order chi connectivity index (χ0) is 15.3. The van der Waals surface area contributed by atoms with Gasteiger partial charge in [0.25, 0.3) is 5.91 Å². The molecule has 1 unspecified atom stereocenters. The molecule has 0 spiro atoms. The molecule has 0 fully saturated rings. The molecule has 110 valence electrons. The Morgan fingerprint density at radius 1 is 1.40 bits per heavy atom. The van der Waals surface area contributed by atoms with Gasteiger partial charge in [-0.05, 0) is 19.1 Å².